The molecule has 0 saturated heterocycles. The average Bonchev–Trinajstić information content (AvgIpc) is 2.46. The summed E-state index contributed by atoms with van der Waals surface area (Å²) in [5, 5.41) is 3.51. The lowest BCUT2D eigenvalue weighted by Gasteiger charge is -2.17. The van der Waals surface area contributed by atoms with Gasteiger partial charge in [0.15, 0.2) is 0 Å². The summed E-state index contributed by atoms with van der Waals surface area (Å²) in [5.41, 5.74) is 3.66. The Hall–Kier alpha value is -1.87. The van der Waals surface area contributed by atoms with E-state index in [1.807, 2.05) is 36.7 Å². The minimum absolute atomic E-state index is 0.232. The Morgan fingerprint density at radius 2 is 2.05 bits per heavy atom. The second-order valence-electron chi connectivity index (χ2n) is 4.65. The lowest BCUT2D eigenvalue weighted by molar-refractivity contribution is 0.401. The molecule has 2 rings (SSSR count). The summed E-state index contributed by atoms with van der Waals surface area (Å²) in [6.07, 6.45) is 3.74. The molecule has 0 aliphatic rings. The smallest absolute Gasteiger partial charge is 0.123 e. The van der Waals surface area contributed by atoms with Crippen molar-refractivity contribution in [1.82, 2.24) is 10.3 Å². The third kappa shape index (κ3) is 3.32. The fourth-order valence-electron chi connectivity index (χ4n) is 2.08. The van der Waals surface area contributed by atoms with E-state index in [0.717, 1.165) is 12.3 Å². The molecule has 19 heavy (non-hydrogen) atoms. The Balaban J connectivity index is 2.05. The van der Waals surface area contributed by atoms with Crippen molar-refractivity contribution in [1.29, 1.82) is 0 Å². The van der Waals surface area contributed by atoms with Gasteiger partial charge in [-0.15, -0.1) is 0 Å². The maximum Gasteiger partial charge on any atom is 0.123 e. The molecular formula is C16H20N2O. The van der Waals surface area contributed by atoms with Crippen molar-refractivity contribution in [2.75, 3.05) is 7.11 Å². The molecule has 1 N–H and O–H groups in total. The summed E-state index contributed by atoms with van der Waals surface area (Å²) in [4.78, 5) is 4.17. The third-order valence-electron chi connectivity index (χ3n) is 3.35. The molecule has 1 unspecified atom stereocenters. The Labute approximate surface area is 114 Å². The van der Waals surface area contributed by atoms with E-state index in [9.17, 15) is 0 Å². The zero-order valence-electron chi connectivity index (χ0n) is 11.7. The molecule has 0 aliphatic carbocycles. The van der Waals surface area contributed by atoms with Gasteiger partial charge in [-0.2, -0.15) is 0 Å². The summed E-state index contributed by atoms with van der Waals surface area (Å²) in [5.74, 6) is 0.922. The van der Waals surface area contributed by atoms with Crippen molar-refractivity contribution < 1.29 is 4.74 Å². The minimum Gasteiger partial charge on any atom is -0.496 e. The molecule has 0 saturated carbocycles. The van der Waals surface area contributed by atoms with E-state index in [4.69, 9.17) is 4.74 Å². The molecule has 0 amide bonds. The van der Waals surface area contributed by atoms with E-state index in [1.54, 1.807) is 7.11 Å². The van der Waals surface area contributed by atoms with E-state index in [-0.39, 0.29) is 6.04 Å². The van der Waals surface area contributed by atoms with Gasteiger partial charge >= 0.3 is 0 Å². The molecule has 3 nitrogen and oxygen atoms in total. The zero-order valence-corrected chi connectivity index (χ0v) is 11.7. The summed E-state index contributed by atoms with van der Waals surface area (Å²) >= 11 is 0. The van der Waals surface area contributed by atoms with E-state index in [0.29, 0.717) is 0 Å². The standard InChI is InChI=1S/C16H20N2O/c1-12-8-9-17-10-14(12)11-18-13(2)15-6-4-5-7-16(15)19-3/h4-10,13,18H,11H2,1-3H3. The molecule has 0 aliphatic heterocycles. The first-order valence-corrected chi connectivity index (χ1v) is 6.48. The number of para-hydroxylation sites is 1. The Morgan fingerprint density at radius 3 is 2.79 bits per heavy atom. The highest BCUT2D eigenvalue weighted by Gasteiger charge is 2.10. The zero-order chi connectivity index (χ0) is 13.7. The van der Waals surface area contributed by atoms with Crippen LogP contribution < -0.4 is 10.1 Å². The van der Waals surface area contributed by atoms with Crippen molar-refractivity contribution in [3.63, 3.8) is 0 Å². The fourth-order valence-corrected chi connectivity index (χ4v) is 2.08. The van der Waals surface area contributed by atoms with Crippen LogP contribution in [-0.4, -0.2) is 12.1 Å². The SMILES string of the molecule is COc1ccccc1C(C)NCc1cnccc1C. The van der Waals surface area contributed by atoms with Gasteiger partial charge in [-0.25, -0.2) is 0 Å². The van der Waals surface area contributed by atoms with Gasteiger partial charge in [-0.3, -0.25) is 4.98 Å². The molecule has 3 heteroatoms. The average molecular weight is 256 g/mol. The van der Waals surface area contributed by atoms with Gasteiger partial charge < -0.3 is 10.1 Å². The number of hydrogen-bond donors (Lipinski definition) is 1. The van der Waals surface area contributed by atoms with Gasteiger partial charge in [0.05, 0.1) is 7.11 Å². The van der Waals surface area contributed by atoms with Crippen LogP contribution in [0.5, 0.6) is 5.75 Å². The number of rotatable bonds is 5. The van der Waals surface area contributed by atoms with Crippen LogP contribution in [0.25, 0.3) is 0 Å². The van der Waals surface area contributed by atoms with E-state index < -0.39 is 0 Å². The van der Waals surface area contributed by atoms with Crippen LogP contribution >= 0.6 is 0 Å². The van der Waals surface area contributed by atoms with E-state index in [1.165, 1.54) is 16.7 Å². The summed E-state index contributed by atoms with van der Waals surface area (Å²) < 4.78 is 5.39. The minimum atomic E-state index is 0.232. The fraction of sp³-hybridized carbons (Fsp3) is 0.312. The lowest BCUT2D eigenvalue weighted by atomic mass is 10.1. The topological polar surface area (TPSA) is 34.1 Å². The molecule has 1 aromatic carbocycles. The highest BCUT2D eigenvalue weighted by Crippen LogP contribution is 2.24. The van der Waals surface area contributed by atoms with E-state index >= 15 is 0 Å². The molecular weight excluding hydrogens is 236 g/mol. The van der Waals surface area contributed by atoms with Crippen LogP contribution in [0.4, 0.5) is 0 Å². The molecule has 1 heterocycles. The predicted octanol–water partition coefficient (Wildman–Crippen LogP) is 3.25. The first kappa shape index (κ1) is 13.6. The van der Waals surface area contributed by atoms with Crippen molar-refractivity contribution >= 4 is 0 Å². The van der Waals surface area contributed by atoms with Gasteiger partial charge in [-0.1, -0.05) is 18.2 Å². The Bertz CT molecular complexity index is 540. The molecule has 1 aromatic heterocycles. The normalized spacial score (nSPS) is 12.2. The number of ether oxygens (including phenoxy) is 1. The third-order valence-corrected chi connectivity index (χ3v) is 3.35. The largest absolute Gasteiger partial charge is 0.496 e. The second kappa shape index (κ2) is 6.34. The molecule has 0 fully saturated rings. The molecule has 0 radical (unpaired) electrons. The van der Waals surface area contributed by atoms with Crippen LogP contribution in [0.3, 0.4) is 0 Å². The number of pyridine rings is 1. The Morgan fingerprint density at radius 1 is 1.26 bits per heavy atom. The lowest BCUT2D eigenvalue weighted by Crippen LogP contribution is -2.19. The quantitative estimate of drug-likeness (QED) is 0.891. The second-order valence-corrected chi connectivity index (χ2v) is 4.65. The van der Waals surface area contributed by atoms with Crippen molar-refractivity contribution in [2.24, 2.45) is 0 Å². The summed E-state index contributed by atoms with van der Waals surface area (Å²) in [7, 11) is 1.71. The number of hydrogen-bond acceptors (Lipinski definition) is 3. The maximum atomic E-state index is 5.39. The highest BCUT2D eigenvalue weighted by molar-refractivity contribution is 5.35. The van der Waals surface area contributed by atoms with Crippen LogP contribution in [0.1, 0.15) is 29.7 Å². The van der Waals surface area contributed by atoms with Gasteiger partial charge in [0.1, 0.15) is 5.75 Å². The van der Waals surface area contributed by atoms with Crippen LogP contribution in [-0.2, 0) is 6.54 Å². The molecule has 0 bridgehead atoms. The summed E-state index contributed by atoms with van der Waals surface area (Å²) in [6, 6.07) is 10.4. The number of nitrogens with zero attached hydrogens (tertiary/aromatic N) is 1. The first-order valence-electron chi connectivity index (χ1n) is 6.48. The van der Waals surface area contributed by atoms with Crippen LogP contribution in [0.2, 0.25) is 0 Å². The number of methoxy groups -OCH3 is 1. The van der Waals surface area contributed by atoms with Gasteiger partial charge in [-0.05, 0) is 37.1 Å². The van der Waals surface area contributed by atoms with Gasteiger partial charge in [0.25, 0.3) is 0 Å². The molecule has 1 atom stereocenters. The highest BCUT2D eigenvalue weighted by atomic mass is 16.5. The monoisotopic (exact) mass is 256 g/mol. The van der Waals surface area contributed by atoms with Crippen LogP contribution in [0, 0.1) is 6.92 Å². The number of benzene rings is 1. The molecule has 100 valence electrons. The molecule has 0 spiro atoms. The van der Waals surface area contributed by atoms with E-state index in [2.05, 4.69) is 30.2 Å². The Kier molecular flexibility index (Phi) is 4.53. The molecule has 2 aromatic rings. The number of aromatic nitrogens is 1. The van der Waals surface area contributed by atoms with Gasteiger partial charge in [0.2, 0.25) is 0 Å². The van der Waals surface area contributed by atoms with Crippen molar-refractivity contribution in [3.05, 3.63) is 59.4 Å². The maximum absolute atomic E-state index is 5.39. The number of nitrogens with one attached hydrogen (secondary N) is 1. The number of aryl methyl sites for hydroxylation is 1. The summed E-state index contributed by atoms with van der Waals surface area (Å²) in [6.45, 7) is 5.05. The predicted molar refractivity (Wildman–Crippen MR) is 77.2 cm³/mol. The van der Waals surface area contributed by atoms with Crippen molar-refractivity contribution in [3.8, 4) is 5.75 Å². The van der Waals surface area contributed by atoms with Crippen LogP contribution in [0.15, 0.2) is 42.7 Å². The first-order chi connectivity index (χ1) is 9.22. The van der Waals surface area contributed by atoms with Gasteiger partial charge in [0, 0.05) is 30.5 Å². The van der Waals surface area contributed by atoms with Crippen molar-refractivity contribution in [2.45, 2.75) is 26.4 Å².